The van der Waals surface area contributed by atoms with Gasteiger partial charge >= 0.3 is 4.87 Å². The molecule has 1 aliphatic heterocycles. The predicted octanol–water partition coefficient (Wildman–Crippen LogP) is 2.60. The molecule has 0 saturated heterocycles. The summed E-state index contributed by atoms with van der Waals surface area (Å²) in [5.41, 5.74) is 2.19. The summed E-state index contributed by atoms with van der Waals surface area (Å²) in [4.78, 5) is 31.7. The summed E-state index contributed by atoms with van der Waals surface area (Å²) in [5.74, 6) is 1.27. The number of nitrogens with zero attached hydrogens (tertiary/aromatic N) is 2. The number of fused-ring (bicyclic) bond motifs is 3. The van der Waals surface area contributed by atoms with Crippen molar-refractivity contribution in [2.75, 3.05) is 6.79 Å². The Morgan fingerprint density at radius 3 is 2.85 bits per heavy atom. The fourth-order valence-corrected chi connectivity index (χ4v) is 4.11. The maximum absolute atomic E-state index is 12.7. The van der Waals surface area contributed by atoms with Crippen molar-refractivity contribution in [2.45, 2.75) is 19.9 Å². The summed E-state index contributed by atoms with van der Waals surface area (Å²) in [7, 11) is 0. The van der Waals surface area contributed by atoms with E-state index in [0.717, 1.165) is 16.9 Å². The summed E-state index contributed by atoms with van der Waals surface area (Å²) < 4.78 is 13.2. The minimum Gasteiger partial charge on any atom is -0.454 e. The molecule has 0 atom stereocenters. The first-order valence-electron chi connectivity index (χ1n) is 8.10. The van der Waals surface area contributed by atoms with Gasteiger partial charge in [-0.15, -0.1) is 0 Å². The molecular formula is C17H14N4O4S. The van der Waals surface area contributed by atoms with E-state index in [4.69, 9.17) is 9.47 Å². The molecule has 0 fully saturated rings. The van der Waals surface area contributed by atoms with E-state index in [-0.39, 0.29) is 23.3 Å². The minimum absolute atomic E-state index is 0.0140. The number of hydrogen-bond acceptors (Lipinski definition) is 6. The monoisotopic (exact) mass is 370 g/mol. The number of thiazole rings is 1. The zero-order chi connectivity index (χ0) is 18.0. The SMILES string of the molecule is CC(C)n1[nH]c(=O)c2c(-c3ccc4c(c3)OCO4)c3sc(=O)[nH]c3nc21. The molecule has 5 rings (SSSR count). The molecule has 2 N–H and O–H groups in total. The first-order valence-corrected chi connectivity index (χ1v) is 8.91. The first kappa shape index (κ1) is 15.2. The van der Waals surface area contributed by atoms with Gasteiger partial charge in [0, 0.05) is 11.6 Å². The van der Waals surface area contributed by atoms with Crippen molar-refractivity contribution in [3.63, 3.8) is 0 Å². The number of H-pyrrole nitrogens is 2. The molecule has 0 bridgehead atoms. The Morgan fingerprint density at radius 1 is 1.23 bits per heavy atom. The van der Waals surface area contributed by atoms with Gasteiger partial charge in [-0.1, -0.05) is 17.4 Å². The average Bonchev–Trinajstić information content (AvgIpc) is 3.28. The molecule has 0 saturated carbocycles. The molecular weight excluding hydrogens is 356 g/mol. The molecule has 4 aromatic rings. The van der Waals surface area contributed by atoms with Crippen LogP contribution in [0.5, 0.6) is 11.5 Å². The molecule has 0 unspecified atom stereocenters. The number of ether oxygens (including phenoxy) is 2. The molecule has 3 aromatic heterocycles. The molecule has 0 radical (unpaired) electrons. The van der Waals surface area contributed by atoms with Crippen LogP contribution < -0.4 is 19.9 Å². The molecule has 132 valence electrons. The van der Waals surface area contributed by atoms with Gasteiger partial charge < -0.3 is 9.47 Å². The van der Waals surface area contributed by atoms with Gasteiger partial charge in [0.15, 0.2) is 22.8 Å². The van der Waals surface area contributed by atoms with Crippen LogP contribution in [0.25, 0.3) is 32.5 Å². The van der Waals surface area contributed by atoms with Gasteiger partial charge in [-0.25, -0.2) is 4.98 Å². The normalized spacial score (nSPS) is 13.3. The van der Waals surface area contributed by atoms with Crippen molar-refractivity contribution in [2.24, 2.45) is 0 Å². The first-order chi connectivity index (χ1) is 12.5. The topological polar surface area (TPSA) is 102 Å². The van der Waals surface area contributed by atoms with E-state index >= 15 is 0 Å². The van der Waals surface area contributed by atoms with Crippen LogP contribution in [-0.2, 0) is 0 Å². The van der Waals surface area contributed by atoms with Crippen molar-refractivity contribution in [1.29, 1.82) is 0 Å². The number of rotatable bonds is 2. The highest BCUT2D eigenvalue weighted by Gasteiger charge is 2.23. The van der Waals surface area contributed by atoms with E-state index in [1.807, 2.05) is 26.0 Å². The third-order valence-electron chi connectivity index (χ3n) is 4.40. The van der Waals surface area contributed by atoms with Crippen LogP contribution in [-0.4, -0.2) is 26.5 Å². The highest BCUT2D eigenvalue weighted by molar-refractivity contribution is 7.17. The van der Waals surface area contributed by atoms with Gasteiger partial charge in [0.25, 0.3) is 5.56 Å². The second kappa shape index (κ2) is 5.21. The van der Waals surface area contributed by atoms with Gasteiger partial charge in [-0.3, -0.25) is 24.4 Å². The van der Waals surface area contributed by atoms with Crippen molar-refractivity contribution in [3.05, 3.63) is 38.2 Å². The van der Waals surface area contributed by atoms with Crippen LogP contribution in [0.3, 0.4) is 0 Å². The molecule has 0 amide bonds. The number of pyridine rings is 1. The van der Waals surface area contributed by atoms with E-state index in [9.17, 15) is 9.59 Å². The summed E-state index contributed by atoms with van der Waals surface area (Å²) in [6.45, 7) is 4.08. The van der Waals surface area contributed by atoms with E-state index in [0.29, 0.717) is 38.4 Å². The number of nitrogens with one attached hydrogen (secondary N) is 2. The summed E-state index contributed by atoms with van der Waals surface area (Å²) >= 11 is 1.04. The average molecular weight is 370 g/mol. The molecule has 1 aromatic carbocycles. The molecule has 0 spiro atoms. The fourth-order valence-electron chi connectivity index (χ4n) is 3.26. The summed E-state index contributed by atoms with van der Waals surface area (Å²) in [5, 5.41) is 3.31. The van der Waals surface area contributed by atoms with Crippen molar-refractivity contribution >= 4 is 32.7 Å². The Hall–Kier alpha value is -3.07. The Balaban J connectivity index is 1.95. The lowest BCUT2D eigenvalue weighted by molar-refractivity contribution is 0.174. The molecule has 26 heavy (non-hydrogen) atoms. The maximum atomic E-state index is 12.7. The molecule has 9 heteroatoms. The molecule has 4 heterocycles. The fraction of sp³-hybridized carbons (Fsp3) is 0.235. The van der Waals surface area contributed by atoms with E-state index in [1.165, 1.54) is 0 Å². The zero-order valence-corrected chi connectivity index (χ0v) is 14.8. The van der Waals surface area contributed by atoms with Crippen LogP contribution in [0.4, 0.5) is 0 Å². The number of benzene rings is 1. The summed E-state index contributed by atoms with van der Waals surface area (Å²) in [6, 6.07) is 5.50. The minimum atomic E-state index is -0.239. The van der Waals surface area contributed by atoms with Crippen molar-refractivity contribution < 1.29 is 9.47 Å². The van der Waals surface area contributed by atoms with Crippen molar-refractivity contribution in [3.8, 4) is 22.6 Å². The highest BCUT2D eigenvalue weighted by atomic mass is 32.1. The standard InChI is InChI=1S/C17H14N4O4S/c1-7(2)21-15-12(16(22)20-21)11(13-14(18-15)19-17(23)26-13)8-3-4-9-10(5-8)25-6-24-9/h3-5,7H,6H2,1-2H3,(H,20,22)(H,18,19,23). The third-order valence-corrected chi connectivity index (χ3v) is 5.29. The third kappa shape index (κ3) is 2.03. The van der Waals surface area contributed by atoms with Crippen LogP contribution >= 0.6 is 11.3 Å². The zero-order valence-electron chi connectivity index (χ0n) is 14.0. The summed E-state index contributed by atoms with van der Waals surface area (Å²) in [6.07, 6.45) is 0. The van der Waals surface area contributed by atoms with Gasteiger partial charge in [-0.2, -0.15) is 0 Å². The predicted molar refractivity (Wildman–Crippen MR) is 98.3 cm³/mol. The highest BCUT2D eigenvalue weighted by Crippen LogP contribution is 2.40. The van der Waals surface area contributed by atoms with Crippen LogP contribution in [0.2, 0.25) is 0 Å². The van der Waals surface area contributed by atoms with Gasteiger partial charge in [0.05, 0.1) is 10.1 Å². The second-order valence-electron chi connectivity index (χ2n) is 6.35. The second-order valence-corrected chi connectivity index (χ2v) is 7.33. The molecule has 8 nitrogen and oxygen atoms in total. The Morgan fingerprint density at radius 2 is 2.04 bits per heavy atom. The lowest BCUT2D eigenvalue weighted by Crippen LogP contribution is -2.08. The number of aromatic amines is 2. The largest absolute Gasteiger partial charge is 0.454 e. The van der Waals surface area contributed by atoms with Crippen LogP contribution in [0.1, 0.15) is 19.9 Å². The molecule has 1 aliphatic rings. The number of hydrogen-bond donors (Lipinski definition) is 2. The molecule has 0 aliphatic carbocycles. The van der Waals surface area contributed by atoms with Crippen LogP contribution in [0, 0.1) is 0 Å². The van der Waals surface area contributed by atoms with E-state index in [1.54, 1.807) is 10.7 Å². The number of aromatic nitrogens is 4. The Bertz CT molecular complexity index is 1290. The van der Waals surface area contributed by atoms with Gasteiger partial charge in [0.2, 0.25) is 6.79 Å². The van der Waals surface area contributed by atoms with Gasteiger partial charge in [-0.05, 0) is 31.5 Å². The lowest BCUT2D eigenvalue weighted by atomic mass is 10.0. The van der Waals surface area contributed by atoms with E-state index < -0.39 is 0 Å². The van der Waals surface area contributed by atoms with Crippen molar-refractivity contribution in [1.82, 2.24) is 19.7 Å². The van der Waals surface area contributed by atoms with E-state index in [2.05, 4.69) is 15.1 Å². The Labute approximate surface area is 150 Å². The Kier molecular flexibility index (Phi) is 3.05. The maximum Gasteiger partial charge on any atom is 0.306 e. The van der Waals surface area contributed by atoms with Crippen LogP contribution in [0.15, 0.2) is 27.8 Å². The van der Waals surface area contributed by atoms with Gasteiger partial charge in [0.1, 0.15) is 0 Å². The smallest absolute Gasteiger partial charge is 0.306 e. The lowest BCUT2D eigenvalue weighted by Gasteiger charge is -2.09. The quantitative estimate of drug-likeness (QED) is 0.565.